The van der Waals surface area contributed by atoms with E-state index in [0.29, 0.717) is 12.2 Å². The van der Waals surface area contributed by atoms with E-state index in [4.69, 9.17) is 23.2 Å². The van der Waals surface area contributed by atoms with Crippen LogP contribution in [0.3, 0.4) is 0 Å². The van der Waals surface area contributed by atoms with E-state index in [1.165, 1.54) is 0 Å². The molecule has 1 N–H and O–H groups in total. The molecule has 1 amide bonds. The van der Waals surface area contributed by atoms with Crippen molar-refractivity contribution in [2.24, 2.45) is 5.41 Å². The van der Waals surface area contributed by atoms with Crippen LogP contribution in [0, 0.1) is 26.2 Å². The zero-order valence-electron chi connectivity index (χ0n) is 13.6. The van der Waals surface area contributed by atoms with Gasteiger partial charge in [-0.05, 0) is 57.4 Å². The molecule has 0 spiro atoms. The normalized spacial score (nSPS) is 22.0. The van der Waals surface area contributed by atoms with Crippen molar-refractivity contribution in [3.63, 3.8) is 0 Å². The number of benzene rings is 1. The van der Waals surface area contributed by atoms with Crippen LogP contribution in [0.1, 0.15) is 30.2 Å². The van der Waals surface area contributed by atoms with E-state index in [9.17, 15) is 4.79 Å². The fourth-order valence-corrected chi connectivity index (χ4v) is 3.46. The van der Waals surface area contributed by atoms with Gasteiger partial charge in [-0.1, -0.05) is 6.07 Å². The van der Waals surface area contributed by atoms with Crippen LogP contribution in [-0.4, -0.2) is 20.0 Å². The van der Waals surface area contributed by atoms with Crippen LogP contribution in [-0.2, 0) is 4.79 Å². The predicted molar refractivity (Wildman–Crippen MR) is 93.6 cm³/mol. The van der Waals surface area contributed by atoms with Crippen molar-refractivity contribution in [1.29, 1.82) is 0 Å². The van der Waals surface area contributed by atoms with Crippen LogP contribution in [0.5, 0.6) is 0 Å². The monoisotopic (exact) mass is 351 g/mol. The second-order valence-corrected chi connectivity index (χ2v) is 8.08. The van der Waals surface area contributed by atoms with Crippen LogP contribution in [0.2, 0.25) is 0 Å². The molecule has 23 heavy (non-hydrogen) atoms. The summed E-state index contributed by atoms with van der Waals surface area (Å²) < 4.78 is 0.750. The van der Waals surface area contributed by atoms with Gasteiger partial charge in [0.05, 0.1) is 16.8 Å². The van der Waals surface area contributed by atoms with E-state index in [1.54, 1.807) is 11.6 Å². The molecule has 1 aliphatic carbocycles. The molecule has 0 saturated heterocycles. The van der Waals surface area contributed by atoms with Crippen molar-refractivity contribution in [1.82, 2.24) is 9.78 Å². The van der Waals surface area contributed by atoms with Gasteiger partial charge >= 0.3 is 0 Å². The first-order chi connectivity index (χ1) is 10.6. The smallest absolute Gasteiger partial charge is 0.234 e. The molecule has 1 fully saturated rings. The highest BCUT2D eigenvalue weighted by Crippen LogP contribution is 2.64. The minimum atomic E-state index is -0.989. The quantitative estimate of drug-likeness (QED) is 0.837. The number of carbonyl (C=O) groups is 1. The highest BCUT2D eigenvalue weighted by molar-refractivity contribution is 6.53. The second kappa shape index (κ2) is 5.25. The number of anilines is 1. The summed E-state index contributed by atoms with van der Waals surface area (Å²) in [5.41, 5.74) is 3.25. The summed E-state index contributed by atoms with van der Waals surface area (Å²) in [5, 5.41) is 7.41. The number of hydrogen-bond acceptors (Lipinski definition) is 2. The number of halogens is 2. The SMILES string of the molecule is Cc1cc(C)cc(-n2nc(C)cc2NC(=O)C2(C)CC2(Cl)Cl)c1. The fourth-order valence-electron chi connectivity index (χ4n) is 2.76. The second-order valence-electron chi connectivity index (χ2n) is 6.60. The third-order valence-corrected chi connectivity index (χ3v) is 5.38. The lowest BCUT2D eigenvalue weighted by Gasteiger charge is -2.14. The average molecular weight is 352 g/mol. The molecule has 0 aliphatic heterocycles. The first-order valence-electron chi connectivity index (χ1n) is 7.47. The summed E-state index contributed by atoms with van der Waals surface area (Å²) in [6.07, 6.45) is 0.450. The lowest BCUT2D eigenvalue weighted by Crippen LogP contribution is -2.27. The van der Waals surface area contributed by atoms with Gasteiger partial charge in [-0.2, -0.15) is 5.10 Å². The molecule has 1 saturated carbocycles. The van der Waals surface area contributed by atoms with Gasteiger partial charge in [0.1, 0.15) is 10.2 Å². The van der Waals surface area contributed by atoms with E-state index >= 15 is 0 Å². The van der Waals surface area contributed by atoms with E-state index in [2.05, 4.69) is 16.5 Å². The van der Waals surface area contributed by atoms with Crippen molar-refractivity contribution >= 4 is 34.9 Å². The molecule has 3 rings (SSSR count). The number of rotatable bonds is 3. The molecule has 1 heterocycles. The van der Waals surface area contributed by atoms with Gasteiger partial charge in [-0.25, -0.2) is 4.68 Å². The van der Waals surface area contributed by atoms with Crippen molar-refractivity contribution in [2.45, 2.75) is 38.4 Å². The molecule has 1 atom stereocenters. The lowest BCUT2D eigenvalue weighted by molar-refractivity contribution is -0.120. The highest BCUT2D eigenvalue weighted by atomic mass is 35.5. The Bertz CT molecular complexity index is 777. The van der Waals surface area contributed by atoms with Gasteiger partial charge in [-0.15, -0.1) is 23.2 Å². The van der Waals surface area contributed by atoms with Gasteiger partial charge in [-0.3, -0.25) is 4.79 Å². The third kappa shape index (κ3) is 2.86. The number of amides is 1. The predicted octanol–water partition coefficient (Wildman–Crippen LogP) is 4.32. The summed E-state index contributed by atoms with van der Waals surface area (Å²) in [7, 11) is 0. The zero-order chi connectivity index (χ0) is 17.0. The number of carbonyl (C=O) groups excluding carboxylic acids is 1. The van der Waals surface area contributed by atoms with Crippen molar-refractivity contribution in [3.8, 4) is 5.69 Å². The maximum atomic E-state index is 12.5. The lowest BCUT2D eigenvalue weighted by atomic mass is 10.1. The van der Waals surface area contributed by atoms with E-state index in [1.807, 2.05) is 39.0 Å². The number of hydrogen-bond donors (Lipinski definition) is 1. The number of alkyl halides is 2. The van der Waals surface area contributed by atoms with Gasteiger partial charge in [0, 0.05) is 6.07 Å². The average Bonchev–Trinajstić information content (AvgIpc) is 2.75. The summed E-state index contributed by atoms with van der Waals surface area (Å²) in [5.74, 6) is 0.433. The van der Waals surface area contributed by atoms with Crippen LogP contribution in [0.25, 0.3) is 5.69 Å². The molecule has 4 nitrogen and oxygen atoms in total. The summed E-state index contributed by atoms with van der Waals surface area (Å²) in [4.78, 5) is 12.5. The first-order valence-corrected chi connectivity index (χ1v) is 8.23. The first kappa shape index (κ1) is 16.3. The Labute approximate surface area is 145 Å². The Kier molecular flexibility index (Phi) is 3.73. The summed E-state index contributed by atoms with van der Waals surface area (Å²) >= 11 is 12.2. The largest absolute Gasteiger partial charge is 0.310 e. The number of nitrogens with one attached hydrogen (secondary N) is 1. The van der Waals surface area contributed by atoms with Crippen LogP contribution in [0.4, 0.5) is 5.82 Å². The Morgan fingerprint density at radius 3 is 2.26 bits per heavy atom. The molecule has 1 aromatic carbocycles. The fraction of sp³-hybridized carbons (Fsp3) is 0.412. The topological polar surface area (TPSA) is 46.9 Å². The molecule has 6 heteroatoms. The Balaban J connectivity index is 1.94. The van der Waals surface area contributed by atoms with Gasteiger partial charge in [0.15, 0.2) is 0 Å². The van der Waals surface area contributed by atoms with Crippen molar-refractivity contribution < 1.29 is 4.79 Å². The van der Waals surface area contributed by atoms with Crippen LogP contribution < -0.4 is 5.32 Å². The van der Waals surface area contributed by atoms with E-state index < -0.39 is 9.75 Å². The van der Waals surface area contributed by atoms with E-state index in [0.717, 1.165) is 22.5 Å². The van der Waals surface area contributed by atoms with Gasteiger partial charge < -0.3 is 5.32 Å². The number of nitrogens with zero attached hydrogens (tertiary/aromatic N) is 2. The molecule has 122 valence electrons. The molecule has 0 radical (unpaired) electrons. The van der Waals surface area contributed by atoms with Gasteiger partial charge in [0.25, 0.3) is 0 Å². The molecular weight excluding hydrogens is 333 g/mol. The maximum absolute atomic E-state index is 12.5. The Hall–Kier alpha value is -1.52. The van der Waals surface area contributed by atoms with Crippen LogP contribution in [0.15, 0.2) is 24.3 Å². The van der Waals surface area contributed by atoms with Crippen molar-refractivity contribution in [3.05, 3.63) is 41.1 Å². The molecule has 1 aromatic heterocycles. The van der Waals surface area contributed by atoms with Crippen LogP contribution >= 0.6 is 23.2 Å². The Morgan fingerprint density at radius 1 is 1.17 bits per heavy atom. The van der Waals surface area contributed by atoms with Crippen molar-refractivity contribution in [2.75, 3.05) is 5.32 Å². The summed E-state index contributed by atoms with van der Waals surface area (Å²) in [6.45, 7) is 7.73. The molecule has 1 unspecified atom stereocenters. The maximum Gasteiger partial charge on any atom is 0.234 e. The molecular formula is C17H19Cl2N3O. The number of aryl methyl sites for hydroxylation is 3. The minimum absolute atomic E-state index is 0.187. The molecule has 2 aromatic rings. The standard InChI is InChI=1S/C17H19Cl2N3O/c1-10-5-11(2)7-13(6-10)22-14(8-12(3)21-22)20-15(23)16(4)9-17(16,18)19/h5-8H,9H2,1-4H3,(H,20,23). The molecule has 0 bridgehead atoms. The number of aromatic nitrogens is 2. The minimum Gasteiger partial charge on any atom is -0.310 e. The van der Waals surface area contributed by atoms with E-state index in [-0.39, 0.29) is 5.91 Å². The third-order valence-electron chi connectivity index (χ3n) is 4.28. The highest BCUT2D eigenvalue weighted by Gasteiger charge is 2.68. The summed E-state index contributed by atoms with van der Waals surface area (Å²) in [6, 6.07) is 7.99. The molecule has 1 aliphatic rings. The van der Waals surface area contributed by atoms with Gasteiger partial charge in [0.2, 0.25) is 5.91 Å². The Morgan fingerprint density at radius 2 is 1.74 bits per heavy atom. The zero-order valence-corrected chi connectivity index (χ0v) is 15.1.